The second-order valence-electron chi connectivity index (χ2n) is 2.96. The highest BCUT2D eigenvalue weighted by atomic mass is 79.9. The van der Waals surface area contributed by atoms with Gasteiger partial charge in [0.15, 0.2) is 9.84 Å². The van der Waals surface area contributed by atoms with Crippen LogP contribution in [0.25, 0.3) is 0 Å². The van der Waals surface area contributed by atoms with Crippen LogP contribution < -0.4 is 0 Å². The van der Waals surface area contributed by atoms with Crippen molar-refractivity contribution in [2.75, 3.05) is 6.26 Å². The lowest BCUT2D eigenvalue weighted by Gasteiger charge is -2.05. The Morgan fingerprint density at radius 1 is 1.38 bits per heavy atom. The molecule has 0 saturated carbocycles. The summed E-state index contributed by atoms with van der Waals surface area (Å²) in [7, 11) is -3.08. The molecule has 0 radical (unpaired) electrons. The molecular formula is C9H11BrO2S. The van der Waals surface area contributed by atoms with E-state index in [1.54, 1.807) is 18.2 Å². The van der Waals surface area contributed by atoms with Gasteiger partial charge in [-0.3, -0.25) is 0 Å². The maximum atomic E-state index is 11.2. The van der Waals surface area contributed by atoms with Crippen LogP contribution in [0.2, 0.25) is 0 Å². The van der Waals surface area contributed by atoms with E-state index in [0.717, 1.165) is 5.56 Å². The highest BCUT2D eigenvalue weighted by molar-refractivity contribution is 9.09. The van der Waals surface area contributed by atoms with Gasteiger partial charge in [-0.2, -0.15) is 0 Å². The smallest absolute Gasteiger partial charge is 0.175 e. The fourth-order valence-electron chi connectivity index (χ4n) is 0.993. The molecule has 1 rings (SSSR count). The number of sulfone groups is 1. The predicted molar refractivity (Wildman–Crippen MR) is 56.9 cm³/mol. The summed E-state index contributed by atoms with van der Waals surface area (Å²) in [5.41, 5.74) is 0.975. The molecular weight excluding hydrogens is 252 g/mol. The number of alkyl halides is 1. The Kier molecular flexibility index (Phi) is 3.14. The van der Waals surface area contributed by atoms with Crippen molar-refractivity contribution < 1.29 is 8.42 Å². The molecule has 0 fully saturated rings. The van der Waals surface area contributed by atoms with Crippen molar-refractivity contribution >= 4 is 25.8 Å². The van der Waals surface area contributed by atoms with Gasteiger partial charge in [0, 0.05) is 11.1 Å². The number of rotatable bonds is 2. The van der Waals surface area contributed by atoms with E-state index < -0.39 is 9.84 Å². The monoisotopic (exact) mass is 262 g/mol. The van der Waals surface area contributed by atoms with Crippen molar-refractivity contribution in [2.24, 2.45) is 0 Å². The fourth-order valence-corrected chi connectivity index (χ4v) is 1.95. The SMILES string of the molecule is CC(Br)c1cccc(S(C)(=O)=O)c1. The van der Waals surface area contributed by atoms with Crippen molar-refractivity contribution in [3.63, 3.8) is 0 Å². The summed E-state index contributed by atoms with van der Waals surface area (Å²) in [5.74, 6) is 0. The van der Waals surface area contributed by atoms with Crippen LogP contribution in [0.15, 0.2) is 29.2 Å². The van der Waals surface area contributed by atoms with E-state index in [-0.39, 0.29) is 4.83 Å². The van der Waals surface area contributed by atoms with Crippen molar-refractivity contribution in [3.8, 4) is 0 Å². The lowest BCUT2D eigenvalue weighted by molar-refractivity contribution is 0.601. The molecule has 0 saturated heterocycles. The third kappa shape index (κ3) is 2.81. The quantitative estimate of drug-likeness (QED) is 0.768. The first-order chi connectivity index (χ1) is 5.91. The molecule has 1 atom stereocenters. The molecule has 1 unspecified atom stereocenters. The molecule has 0 bridgehead atoms. The zero-order valence-corrected chi connectivity index (χ0v) is 9.89. The average molecular weight is 263 g/mol. The topological polar surface area (TPSA) is 34.1 Å². The zero-order chi connectivity index (χ0) is 10.1. The molecule has 4 heteroatoms. The minimum absolute atomic E-state index is 0.175. The number of benzene rings is 1. The largest absolute Gasteiger partial charge is 0.224 e. The van der Waals surface area contributed by atoms with Crippen LogP contribution in [0.1, 0.15) is 17.3 Å². The van der Waals surface area contributed by atoms with Gasteiger partial charge in [-0.15, -0.1) is 0 Å². The third-order valence-electron chi connectivity index (χ3n) is 1.75. The van der Waals surface area contributed by atoms with Gasteiger partial charge in [-0.25, -0.2) is 8.42 Å². The van der Waals surface area contributed by atoms with Crippen LogP contribution in [0.5, 0.6) is 0 Å². The summed E-state index contributed by atoms with van der Waals surface area (Å²) < 4.78 is 22.4. The van der Waals surface area contributed by atoms with E-state index in [0.29, 0.717) is 4.90 Å². The van der Waals surface area contributed by atoms with Gasteiger partial charge in [0.05, 0.1) is 4.90 Å². The Labute approximate surface area is 87.0 Å². The van der Waals surface area contributed by atoms with Gasteiger partial charge < -0.3 is 0 Å². The minimum Gasteiger partial charge on any atom is -0.224 e. The Morgan fingerprint density at radius 3 is 2.46 bits per heavy atom. The summed E-state index contributed by atoms with van der Waals surface area (Å²) in [6.07, 6.45) is 1.21. The molecule has 72 valence electrons. The van der Waals surface area contributed by atoms with Crippen molar-refractivity contribution in [1.82, 2.24) is 0 Å². The summed E-state index contributed by atoms with van der Waals surface area (Å²) in [4.78, 5) is 0.547. The lowest BCUT2D eigenvalue weighted by Crippen LogP contribution is -1.97. The summed E-state index contributed by atoms with van der Waals surface area (Å²) >= 11 is 3.39. The summed E-state index contributed by atoms with van der Waals surface area (Å²) in [6.45, 7) is 1.96. The second-order valence-corrected chi connectivity index (χ2v) is 6.35. The minimum atomic E-state index is -3.08. The lowest BCUT2D eigenvalue weighted by atomic mass is 10.2. The highest BCUT2D eigenvalue weighted by Crippen LogP contribution is 2.23. The maximum absolute atomic E-state index is 11.2. The van der Waals surface area contributed by atoms with E-state index in [2.05, 4.69) is 15.9 Å². The highest BCUT2D eigenvalue weighted by Gasteiger charge is 2.08. The molecule has 1 aromatic carbocycles. The summed E-state index contributed by atoms with van der Waals surface area (Å²) in [5, 5.41) is 0. The molecule has 1 aromatic rings. The van der Waals surface area contributed by atoms with E-state index in [1.807, 2.05) is 13.0 Å². The molecule has 0 heterocycles. The first kappa shape index (κ1) is 10.7. The molecule has 0 aromatic heterocycles. The van der Waals surface area contributed by atoms with Crippen LogP contribution in [0.3, 0.4) is 0 Å². The average Bonchev–Trinajstić information content (AvgIpc) is 2.03. The van der Waals surface area contributed by atoms with E-state index >= 15 is 0 Å². The standard InChI is InChI=1S/C9H11BrO2S/c1-7(10)8-4-3-5-9(6-8)13(2,11)12/h3-7H,1-2H3. The van der Waals surface area contributed by atoms with Gasteiger partial charge >= 0.3 is 0 Å². The molecule has 13 heavy (non-hydrogen) atoms. The van der Waals surface area contributed by atoms with Gasteiger partial charge in [0.2, 0.25) is 0 Å². The van der Waals surface area contributed by atoms with Crippen molar-refractivity contribution in [3.05, 3.63) is 29.8 Å². The van der Waals surface area contributed by atoms with Crippen LogP contribution >= 0.6 is 15.9 Å². The molecule has 0 N–H and O–H groups in total. The van der Waals surface area contributed by atoms with Crippen LogP contribution in [-0.4, -0.2) is 14.7 Å². The van der Waals surface area contributed by atoms with Gasteiger partial charge in [0.1, 0.15) is 0 Å². The van der Waals surface area contributed by atoms with Crippen molar-refractivity contribution in [1.29, 1.82) is 0 Å². The Bertz CT molecular complexity index is 396. The Hall–Kier alpha value is -0.350. The number of hydrogen-bond acceptors (Lipinski definition) is 2. The van der Waals surface area contributed by atoms with E-state index in [4.69, 9.17) is 0 Å². The normalized spacial score (nSPS) is 14.1. The maximum Gasteiger partial charge on any atom is 0.175 e. The second kappa shape index (κ2) is 3.80. The Balaban J connectivity index is 3.21. The van der Waals surface area contributed by atoms with Gasteiger partial charge in [-0.1, -0.05) is 28.1 Å². The van der Waals surface area contributed by atoms with Crippen LogP contribution in [0, 0.1) is 0 Å². The van der Waals surface area contributed by atoms with Gasteiger partial charge in [0.25, 0.3) is 0 Å². The van der Waals surface area contributed by atoms with E-state index in [1.165, 1.54) is 6.26 Å². The third-order valence-corrected chi connectivity index (χ3v) is 3.38. The van der Waals surface area contributed by atoms with Crippen molar-refractivity contribution in [2.45, 2.75) is 16.6 Å². The molecule has 0 amide bonds. The molecule has 0 aliphatic carbocycles. The Morgan fingerprint density at radius 2 is 2.00 bits per heavy atom. The molecule has 0 aliphatic heterocycles. The number of halogens is 1. The zero-order valence-electron chi connectivity index (χ0n) is 7.49. The molecule has 0 spiro atoms. The van der Waals surface area contributed by atoms with E-state index in [9.17, 15) is 8.42 Å². The molecule has 0 aliphatic rings. The predicted octanol–water partition coefficient (Wildman–Crippen LogP) is 2.55. The van der Waals surface area contributed by atoms with Crippen LogP contribution in [-0.2, 0) is 9.84 Å². The molecule has 2 nitrogen and oxygen atoms in total. The number of hydrogen-bond donors (Lipinski definition) is 0. The van der Waals surface area contributed by atoms with Crippen LogP contribution in [0.4, 0.5) is 0 Å². The first-order valence-electron chi connectivity index (χ1n) is 3.85. The summed E-state index contributed by atoms with van der Waals surface area (Å²) in [6, 6.07) is 6.94. The van der Waals surface area contributed by atoms with Gasteiger partial charge in [-0.05, 0) is 24.6 Å². The fraction of sp³-hybridized carbons (Fsp3) is 0.333. The first-order valence-corrected chi connectivity index (χ1v) is 6.66.